The highest BCUT2D eigenvalue weighted by molar-refractivity contribution is 6.34. The van der Waals surface area contributed by atoms with Gasteiger partial charge in [-0.15, -0.1) is 0 Å². The van der Waals surface area contributed by atoms with Crippen LogP contribution in [0.4, 0.5) is 13.2 Å². The SMILES string of the molecule is CCNC(CCCC(F)(F)F)c1cc(Cl)cc(Cl)c1. The van der Waals surface area contributed by atoms with Gasteiger partial charge in [0.1, 0.15) is 0 Å². The van der Waals surface area contributed by atoms with Crippen LogP contribution in [0.25, 0.3) is 0 Å². The van der Waals surface area contributed by atoms with Crippen molar-refractivity contribution in [3.63, 3.8) is 0 Å². The van der Waals surface area contributed by atoms with Crippen molar-refractivity contribution in [1.82, 2.24) is 5.32 Å². The first-order valence-corrected chi connectivity index (χ1v) is 6.83. The highest BCUT2D eigenvalue weighted by atomic mass is 35.5. The van der Waals surface area contributed by atoms with E-state index in [1.54, 1.807) is 18.2 Å². The molecule has 0 fully saturated rings. The van der Waals surface area contributed by atoms with Gasteiger partial charge in [-0.25, -0.2) is 0 Å². The zero-order chi connectivity index (χ0) is 14.5. The van der Waals surface area contributed by atoms with E-state index in [0.29, 0.717) is 23.0 Å². The monoisotopic (exact) mass is 313 g/mol. The van der Waals surface area contributed by atoms with Crippen LogP contribution in [-0.2, 0) is 0 Å². The molecule has 19 heavy (non-hydrogen) atoms. The minimum Gasteiger partial charge on any atom is -0.310 e. The van der Waals surface area contributed by atoms with Gasteiger partial charge in [0.25, 0.3) is 0 Å². The van der Waals surface area contributed by atoms with Gasteiger partial charge in [0.15, 0.2) is 0 Å². The second-order valence-electron chi connectivity index (χ2n) is 4.32. The Morgan fingerprint density at radius 2 is 1.74 bits per heavy atom. The molecule has 1 atom stereocenters. The maximum absolute atomic E-state index is 12.2. The molecule has 0 spiro atoms. The molecule has 0 radical (unpaired) electrons. The minimum absolute atomic E-state index is 0.0747. The molecule has 0 amide bonds. The van der Waals surface area contributed by atoms with Gasteiger partial charge in [-0.3, -0.25) is 0 Å². The van der Waals surface area contributed by atoms with Gasteiger partial charge < -0.3 is 5.32 Å². The number of nitrogens with one attached hydrogen (secondary N) is 1. The van der Waals surface area contributed by atoms with Crippen LogP contribution < -0.4 is 5.32 Å². The van der Waals surface area contributed by atoms with Crippen LogP contribution in [0.1, 0.15) is 37.8 Å². The number of halogens is 5. The standard InChI is InChI=1S/C13H16Cl2F3N/c1-2-19-12(4-3-5-13(16,17)18)9-6-10(14)8-11(15)7-9/h6-8,12,19H,2-5H2,1H3. The van der Waals surface area contributed by atoms with Gasteiger partial charge in [-0.1, -0.05) is 30.1 Å². The molecule has 1 nitrogen and oxygen atoms in total. The summed E-state index contributed by atoms with van der Waals surface area (Å²) in [6.45, 7) is 2.57. The van der Waals surface area contributed by atoms with Gasteiger partial charge in [-0.05, 0) is 43.1 Å². The van der Waals surface area contributed by atoms with Gasteiger partial charge in [0.2, 0.25) is 0 Å². The molecule has 0 aromatic heterocycles. The minimum atomic E-state index is -4.11. The fraction of sp³-hybridized carbons (Fsp3) is 0.538. The topological polar surface area (TPSA) is 12.0 Å². The van der Waals surface area contributed by atoms with E-state index in [0.717, 1.165) is 5.56 Å². The van der Waals surface area contributed by atoms with Gasteiger partial charge in [-0.2, -0.15) is 13.2 Å². The Kier molecular flexibility index (Phi) is 6.43. The lowest BCUT2D eigenvalue weighted by atomic mass is 10.0. The Labute approximate surface area is 121 Å². The normalized spacial score (nSPS) is 13.6. The van der Waals surface area contributed by atoms with Crippen LogP contribution in [0.15, 0.2) is 18.2 Å². The van der Waals surface area contributed by atoms with Crippen LogP contribution in [0.3, 0.4) is 0 Å². The van der Waals surface area contributed by atoms with Gasteiger partial charge >= 0.3 is 6.18 Å². The Balaban J connectivity index is 2.71. The number of alkyl halides is 3. The Morgan fingerprint density at radius 3 is 2.21 bits per heavy atom. The van der Waals surface area contributed by atoms with Crippen LogP contribution >= 0.6 is 23.2 Å². The van der Waals surface area contributed by atoms with E-state index in [9.17, 15) is 13.2 Å². The molecule has 0 aliphatic heterocycles. The molecule has 1 aromatic rings. The van der Waals surface area contributed by atoms with Crippen molar-refractivity contribution in [2.24, 2.45) is 0 Å². The molecule has 1 rings (SSSR count). The maximum Gasteiger partial charge on any atom is 0.389 e. The molecule has 0 saturated carbocycles. The molecule has 0 saturated heterocycles. The first-order chi connectivity index (χ1) is 8.81. The molecule has 1 unspecified atom stereocenters. The summed E-state index contributed by atoms with van der Waals surface area (Å²) in [5.41, 5.74) is 0.821. The van der Waals surface area contributed by atoms with E-state index < -0.39 is 12.6 Å². The van der Waals surface area contributed by atoms with E-state index in [1.165, 1.54) is 0 Å². The van der Waals surface area contributed by atoms with Crippen molar-refractivity contribution in [2.75, 3.05) is 6.54 Å². The second kappa shape index (κ2) is 7.36. The van der Waals surface area contributed by atoms with Gasteiger partial charge in [0, 0.05) is 22.5 Å². The van der Waals surface area contributed by atoms with E-state index in [-0.39, 0.29) is 12.5 Å². The molecule has 0 aliphatic rings. The van der Waals surface area contributed by atoms with Crippen LogP contribution in [0.2, 0.25) is 10.0 Å². The summed E-state index contributed by atoms with van der Waals surface area (Å²) in [6.07, 6.45) is -4.42. The fourth-order valence-electron chi connectivity index (χ4n) is 1.92. The predicted octanol–water partition coefficient (Wildman–Crippen LogP) is 5.38. The third-order valence-corrected chi connectivity index (χ3v) is 3.13. The summed E-state index contributed by atoms with van der Waals surface area (Å²) >= 11 is 11.8. The van der Waals surface area contributed by atoms with E-state index in [2.05, 4.69) is 5.32 Å². The quantitative estimate of drug-likeness (QED) is 0.743. The molecule has 1 aromatic carbocycles. The van der Waals surface area contributed by atoms with Crippen LogP contribution in [-0.4, -0.2) is 12.7 Å². The molecule has 6 heteroatoms. The number of rotatable bonds is 6. The lowest BCUT2D eigenvalue weighted by Gasteiger charge is -2.19. The first-order valence-electron chi connectivity index (χ1n) is 6.08. The van der Waals surface area contributed by atoms with E-state index in [4.69, 9.17) is 23.2 Å². The number of hydrogen-bond acceptors (Lipinski definition) is 1. The lowest BCUT2D eigenvalue weighted by Crippen LogP contribution is -2.21. The fourth-order valence-corrected chi connectivity index (χ4v) is 2.46. The third kappa shape index (κ3) is 6.50. The highest BCUT2D eigenvalue weighted by Crippen LogP contribution is 2.29. The molecule has 0 aliphatic carbocycles. The average Bonchev–Trinajstić information content (AvgIpc) is 2.25. The molecule has 1 N–H and O–H groups in total. The van der Waals surface area contributed by atoms with E-state index in [1.807, 2.05) is 6.92 Å². The Hall–Kier alpha value is -0.450. The van der Waals surface area contributed by atoms with Crippen molar-refractivity contribution in [1.29, 1.82) is 0 Å². The zero-order valence-corrected chi connectivity index (χ0v) is 12.0. The molecule has 0 heterocycles. The summed E-state index contributed by atoms with van der Waals surface area (Å²) in [7, 11) is 0. The summed E-state index contributed by atoms with van der Waals surface area (Å²) in [6, 6.07) is 4.90. The zero-order valence-electron chi connectivity index (χ0n) is 10.5. The Morgan fingerprint density at radius 1 is 1.16 bits per heavy atom. The van der Waals surface area contributed by atoms with Crippen molar-refractivity contribution in [3.8, 4) is 0 Å². The summed E-state index contributed by atoms with van der Waals surface area (Å²) in [5, 5.41) is 4.13. The number of benzene rings is 1. The smallest absolute Gasteiger partial charge is 0.310 e. The highest BCUT2D eigenvalue weighted by Gasteiger charge is 2.26. The maximum atomic E-state index is 12.2. The van der Waals surface area contributed by atoms with Gasteiger partial charge in [0.05, 0.1) is 0 Å². The van der Waals surface area contributed by atoms with Crippen LogP contribution in [0.5, 0.6) is 0 Å². The second-order valence-corrected chi connectivity index (χ2v) is 5.19. The predicted molar refractivity (Wildman–Crippen MR) is 72.8 cm³/mol. The Bertz CT molecular complexity index is 387. The largest absolute Gasteiger partial charge is 0.389 e. The molecular formula is C13H16Cl2F3N. The van der Waals surface area contributed by atoms with Crippen LogP contribution in [0, 0.1) is 0 Å². The van der Waals surface area contributed by atoms with Crippen molar-refractivity contribution >= 4 is 23.2 Å². The van der Waals surface area contributed by atoms with Crippen molar-refractivity contribution < 1.29 is 13.2 Å². The third-order valence-electron chi connectivity index (χ3n) is 2.69. The van der Waals surface area contributed by atoms with Crippen molar-refractivity contribution in [2.45, 2.75) is 38.4 Å². The molecular weight excluding hydrogens is 298 g/mol. The van der Waals surface area contributed by atoms with Crippen molar-refractivity contribution in [3.05, 3.63) is 33.8 Å². The first kappa shape index (κ1) is 16.6. The summed E-state index contributed by atoms with van der Waals surface area (Å²) in [4.78, 5) is 0. The average molecular weight is 314 g/mol. The lowest BCUT2D eigenvalue weighted by molar-refractivity contribution is -0.135. The molecule has 108 valence electrons. The summed E-state index contributed by atoms with van der Waals surface area (Å²) in [5.74, 6) is 0. The number of hydrogen-bond donors (Lipinski definition) is 1. The summed E-state index contributed by atoms with van der Waals surface area (Å²) < 4.78 is 36.5. The van der Waals surface area contributed by atoms with E-state index >= 15 is 0 Å². The molecule has 0 bridgehead atoms.